The van der Waals surface area contributed by atoms with E-state index in [-0.39, 0.29) is 28.6 Å². The molecule has 1 aromatic carbocycles. The van der Waals surface area contributed by atoms with Gasteiger partial charge in [0, 0.05) is 38.5 Å². The number of anilines is 1. The van der Waals surface area contributed by atoms with Crippen molar-refractivity contribution >= 4 is 44.4 Å². The second kappa shape index (κ2) is 7.46. The summed E-state index contributed by atoms with van der Waals surface area (Å²) in [5.74, 6) is -0.479. The summed E-state index contributed by atoms with van der Waals surface area (Å²) in [6.45, 7) is 0. The third kappa shape index (κ3) is 3.14. The first kappa shape index (κ1) is 19.4. The third-order valence-electron chi connectivity index (χ3n) is 5.10. The molecular weight excluding hydrogens is 456 g/mol. The molecule has 9 heteroatoms. The molecule has 0 radical (unpaired) electrons. The number of ketones is 1. The van der Waals surface area contributed by atoms with Crippen molar-refractivity contribution in [3.05, 3.63) is 77.8 Å². The van der Waals surface area contributed by atoms with Crippen LogP contribution in [-0.2, 0) is 4.79 Å². The number of halogens is 1. The molecule has 7 nitrogen and oxygen atoms in total. The number of rotatable bonds is 3. The molecule has 0 bridgehead atoms. The summed E-state index contributed by atoms with van der Waals surface area (Å²) >= 11 is 4.87. The number of Topliss-reactive ketones (excluding diaryl/α,β-unsaturated/α-hetero) is 1. The maximum absolute atomic E-state index is 13.0. The SMILES string of the molecule is N#CC1=C(N)N(c2ccccc2[N+](=O)[O-])C2=C(C(=O)CCC2)C1c1cc(Br)cs1. The van der Waals surface area contributed by atoms with Crippen LogP contribution < -0.4 is 10.6 Å². The number of nitriles is 1. The average Bonchev–Trinajstić information content (AvgIpc) is 3.13. The maximum Gasteiger partial charge on any atom is 0.293 e. The standard InChI is InChI=1S/C20H15BrN4O3S/c21-11-8-17(29-10-11)18-12(9-22)20(23)24(15-6-3-7-16(26)19(15)18)13-4-1-2-5-14(13)25(27)28/h1-2,4-5,8,10,18H,3,6-7,23H2. The molecule has 1 aromatic heterocycles. The van der Waals surface area contributed by atoms with Gasteiger partial charge in [-0.15, -0.1) is 11.3 Å². The van der Waals surface area contributed by atoms with Crippen molar-refractivity contribution in [3.63, 3.8) is 0 Å². The third-order valence-corrected chi connectivity index (χ3v) is 6.86. The number of para-hydroxylation sites is 2. The van der Waals surface area contributed by atoms with E-state index in [1.807, 2.05) is 11.4 Å². The Morgan fingerprint density at radius 1 is 1.34 bits per heavy atom. The highest BCUT2D eigenvalue weighted by Gasteiger charge is 2.42. The van der Waals surface area contributed by atoms with E-state index >= 15 is 0 Å². The summed E-state index contributed by atoms with van der Waals surface area (Å²) in [5.41, 5.74) is 7.94. The molecule has 0 saturated carbocycles. The molecule has 1 aliphatic carbocycles. The molecule has 0 amide bonds. The van der Waals surface area contributed by atoms with E-state index in [4.69, 9.17) is 5.73 Å². The van der Waals surface area contributed by atoms with Gasteiger partial charge in [0.15, 0.2) is 5.78 Å². The van der Waals surface area contributed by atoms with Crippen LogP contribution in [0.3, 0.4) is 0 Å². The molecular formula is C20H15BrN4O3S. The monoisotopic (exact) mass is 470 g/mol. The van der Waals surface area contributed by atoms with E-state index in [9.17, 15) is 20.2 Å². The van der Waals surface area contributed by atoms with E-state index in [1.54, 1.807) is 18.2 Å². The molecule has 0 saturated heterocycles. The summed E-state index contributed by atoms with van der Waals surface area (Å²) in [4.78, 5) is 26.5. The smallest absolute Gasteiger partial charge is 0.293 e. The zero-order valence-electron chi connectivity index (χ0n) is 15.1. The summed E-state index contributed by atoms with van der Waals surface area (Å²) in [7, 11) is 0. The van der Waals surface area contributed by atoms with Gasteiger partial charge in [0.25, 0.3) is 5.69 Å². The Morgan fingerprint density at radius 2 is 2.10 bits per heavy atom. The number of carbonyl (C=O) groups excluding carboxylic acids is 1. The lowest BCUT2D eigenvalue weighted by atomic mass is 9.78. The lowest BCUT2D eigenvalue weighted by molar-refractivity contribution is -0.384. The van der Waals surface area contributed by atoms with Gasteiger partial charge >= 0.3 is 0 Å². The van der Waals surface area contributed by atoms with Crippen LogP contribution in [0.5, 0.6) is 0 Å². The molecule has 1 aliphatic heterocycles. The number of hydrogen-bond donors (Lipinski definition) is 1. The van der Waals surface area contributed by atoms with Crippen LogP contribution in [-0.4, -0.2) is 10.7 Å². The maximum atomic E-state index is 13.0. The quantitative estimate of drug-likeness (QED) is 0.512. The zero-order valence-corrected chi connectivity index (χ0v) is 17.5. The van der Waals surface area contributed by atoms with Crippen molar-refractivity contribution in [2.24, 2.45) is 5.73 Å². The average molecular weight is 471 g/mol. The zero-order chi connectivity index (χ0) is 20.7. The van der Waals surface area contributed by atoms with Crippen LogP contribution in [0.4, 0.5) is 11.4 Å². The van der Waals surface area contributed by atoms with Crippen LogP contribution >= 0.6 is 27.3 Å². The van der Waals surface area contributed by atoms with Crippen LogP contribution in [0.2, 0.25) is 0 Å². The van der Waals surface area contributed by atoms with Crippen molar-refractivity contribution in [2.45, 2.75) is 25.2 Å². The fourth-order valence-electron chi connectivity index (χ4n) is 3.93. The van der Waals surface area contributed by atoms with Crippen molar-refractivity contribution in [1.82, 2.24) is 0 Å². The molecule has 2 heterocycles. The number of benzene rings is 1. The van der Waals surface area contributed by atoms with Crippen LogP contribution in [0, 0.1) is 21.4 Å². The molecule has 0 fully saturated rings. The molecule has 1 atom stereocenters. The topological polar surface area (TPSA) is 113 Å². The first-order valence-corrected chi connectivity index (χ1v) is 10.5. The molecule has 1 unspecified atom stereocenters. The number of hydrogen-bond acceptors (Lipinski definition) is 7. The van der Waals surface area contributed by atoms with Gasteiger partial charge in [-0.2, -0.15) is 5.26 Å². The molecule has 0 spiro atoms. The van der Waals surface area contributed by atoms with Gasteiger partial charge in [0.05, 0.1) is 22.5 Å². The Balaban J connectivity index is 2.01. The van der Waals surface area contributed by atoms with Gasteiger partial charge in [-0.3, -0.25) is 19.8 Å². The van der Waals surface area contributed by atoms with Crippen molar-refractivity contribution < 1.29 is 9.72 Å². The summed E-state index contributed by atoms with van der Waals surface area (Å²) < 4.78 is 0.861. The lowest BCUT2D eigenvalue weighted by Crippen LogP contribution is -2.38. The Kier molecular flexibility index (Phi) is 4.98. The second-order valence-electron chi connectivity index (χ2n) is 6.73. The van der Waals surface area contributed by atoms with E-state index in [0.717, 1.165) is 9.35 Å². The Morgan fingerprint density at radius 3 is 2.76 bits per heavy atom. The predicted octanol–water partition coefficient (Wildman–Crippen LogP) is 4.72. The molecule has 2 aliphatic rings. The molecule has 2 N–H and O–H groups in total. The molecule has 4 rings (SSSR count). The van der Waals surface area contributed by atoms with E-state index in [0.29, 0.717) is 30.5 Å². The molecule has 2 aromatic rings. The number of nitro groups is 1. The van der Waals surface area contributed by atoms with Crippen LogP contribution in [0.15, 0.2) is 62.8 Å². The Hall–Kier alpha value is -2.96. The Labute approximate surface area is 179 Å². The highest BCUT2D eigenvalue weighted by molar-refractivity contribution is 9.10. The number of nitro benzene ring substituents is 1. The van der Waals surface area contributed by atoms with Crippen molar-refractivity contribution in [2.75, 3.05) is 4.90 Å². The normalized spacial score (nSPS) is 19.2. The number of nitrogens with two attached hydrogens (primary N) is 1. The lowest BCUT2D eigenvalue weighted by Gasteiger charge is -2.38. The minimum Gasteiger partial charge on any atom is -0.384 e. The van der Waals surface area contributed by atoms with Crippen molar-refractivity contribution in [3.8, 4) is 6.07 Å². The fourth-order valence-corrected chi connectivity index (χ4v) is 5.50. The van der Waals surface area contributed by atoms with E-state index in [1.165, 1.54) is 22.3 Å². The van der Waals surface area contributed by atoms with E-state index in [2.05, 4.69) is 22.0 Å². The van der Waals surface area contributed by atoms with Crippen LogP contribution in [0.1, 0.15) is 30.1 Å². The van der Waals surface area contributed by atoms with Crippen LogP contribution in [0.25, 0.3) is 0 Å². The fraction of sp³-hybridized carbons (Fsp3) is 0.200. The number of nitrogens with zero attached hydrogens (tertiary/aromatic N) is 3. The van der Waals surface area contributed by atoms with Gasteiger partial charge < -0.3 is 5.73 Å². The molecule has 29 heavy (non-hydrogen) atoms. The molecule has 146 valence electrons. The summed E-state index contributed by atoms with van der Waals surface area (Å²) in [5, 5.41) is 23.4. The highest BCUT2D eigenvalue weighted by Crippen LogP contribution is 2.49. The Bertz CT molecular complexity index is 1140. The second-order valence-corrected chi connectivity index (χ2v) is 8.59. The minimum atomic E-state index is -0.557. The number of carbonyl (C=O) groups is 1. The van der Waals surface area contributed by atoms with Gasteiger partial charge in [0.1, 0.15) is 11.5 Å². The predicted molar refractivity (Wildman–Crippen MR) is 113 cm³/mol. The highest BCUT2D eigenvalue weighted by atomic mass is 79.9. The number of thiophene rings is 1. The first-order chi connectivity index (χ1) is 13.9. The van der Waals surface area contributed by atoms with Crippen molar-refractivity contribution in [1.29, 1.82) is 5.26 Å². The summed E-state index contributed by atoms with van der Waals surface area (Å²) in [6.07, 6.45) is 1.56. The summed E-state index contributed by atoms with van der Waals surface area (Å²) in [6, 6.07) is 10.3. The largest absolute Gasteiger partial charge is 0.384 e. The van der Waals surface area contributed by atoms with Gasteiger partial charge in [0.2, 0.25) is 0 Å². The van der Waals surface area contributed by atoms with Gasteiger partial charge in [-0.1, -0.05) is 12.1 Å². The minimum absolute atomic E-state index is 0.0513. The first-order valence-electron chi connectivity index (χ1n) is 8.87. The van der Waals surface area contributed by atoms with Gasteiger partial charge in [-0.05, 0) is 40.9 Å². The van der Waals surface area contributed by atoms with Gasteiger partial charge in [-0.25, -0.2) is 0 Å². The van der Waals surface area contributed by atoms with E-state index < -0.39 is 10.8 Å². The number of allylic oxidation sites excluding steroid dienone is 3.